The third-order valence-electron chi connectivity index (χ3n) is 4.69. The van der Waals surface area contributed by atoms with E-state index in [1.165, 1.54) is 5.56 Å². The maximum Gasteiger partial charge on any atom is 0.269 e. The molecule has 6 nitrogen and oxygen atoms in total. The van der Waals surface area contributed by atoms with Gasteiger partial charge in [-0.2, -0.15) is 5.10 Å². The Bertz CT molecular complexity index is 671. The minimum absolute atomic E-state index is 0.0603. The van der Waals surface area contributed by atoms with Gasteiger partial charge in [-0.1, -0.05) is 30.3 Å². The van der Waals surface area contributed by atoms with Crippen LogP contribution in [0.25, 0.3) is 0 Å². The van der Waals surface area contributed by atoms with E-state index in [0.717, 1.165) is 26.1 Å². The molecular weight excluding hydrogens is 304 g/mol. The summed E-state index contributed by atoms with van der Waals surface area (Å²) in [5, 5.41) is 16.8. The van der Waals surface area contributed by atoms with E-state index < -0.39 is 0 Å². The van der Waals surface area contributed by atoms with Crippen molar-refractivity contribution in [3.63, 3.8) is 0 Å². The first kappa shape index (κ1) is 16.7. The van der Waals surface area contributed by atoms with Crippen LogP contribution in [0.15, 0.2) is 42.6 Å². The molecule has 0 radical (unpaired) electrons. The average Bonchev–Trinajstić information content (AvgIpc) is 3.02. The first-order valence-corrected chi connectivity index (χ1v) is 8.33. The summed E-state index contributed by atoms with van der Waals surface area (Å²) in [6, 6.07) is 12.0. The van der Waals surface area contributed by atoms with Gasteiger partial charge in [-0.05, 0) is 24.6 Å². The Morgan fingerprint density at radius 3 is 2.79 bits per heavy atom. The summed E-state index contributed by atoms with van der Waals surface area (Å²) in [6.45, 7) is 2.62. The number of aliphatic hydroxyl groups is 1. The molecule has 24 heavy (non-hydrogen) atoms. The maximum absolute atomic E-state index is 12.4. The summed E-state index contributed by atoms with van der Waals surface area (Å²) >= 11 is 0. The lowest BCUT2D eigenvalue weighted by Crippen LogP contribution is -2.53. The lowest BCUT2D eigenvalue weighted by atomic mass is 9.91. The number of rotatable bonds is 5. The van der Waals surface area contributed by atoms with Crippen LogP contribution in [0.2, 0.25) is 0 Å². The third-order valence-corrected chi connectivity index (χ3v) is 4.69. The van der Waals surface area contributed by atoms with Crippen LogP contribution in [0.3, 0.4) is 0 Å². The van der Waals surface area contributed by atoms with Crippen molar-refractivity contribution in [1.29, 1.82) is 0 Å². The molecule has 1 fully saturated rings. The van der Waals surface area contributed by atoms with Crippen LogP contribution in [0.5, 0.6) is 0 Å². The average molecular weight is 328 g/mol. The lowest BCUT2D eigenvalue weighted by Gasteiger charge is -2.38. The molecule has 2 unspecified atom stereocenters. The van der Waals surface area contributed by atoms with E-state index in [-0.39, 0.29) is 24.5 Å². The fraction of sp³-hybridized carbons (Fsp3) is 0.444. The number of piperidine rings is 1. The molecule has 0 aliphatic carbocycles. The molecule has 1 saturated heterocycles. The van der Waals surface area contributed by atoms with Crippen molar-refractivity contribution in [3.05, 3.63) is 53.9 Å². The Kier molecular flexibility index (Phi) is 5.27. The second-order valence-electron chi connectivity index (χ2n) is 6.37. The van der Waals surface area contributed by atoms with E-state index in [4.69, 9.17) is 0 Å². The topological polar surface area (TPSA) is 70.4 Å². The van der Waals surface area contributed by atoms with Gasteiger partial charge in [0.05, 0.1) is 0 Å². The fourth-order valence-corrected chi connectivity index (χ4v) is 3.27. The van der Waals surface area contributed by atoms with Gasteiger partial charge in [-0.25, -0.2) is 0 Å². The number of aromatic nitrogens is 2. The highest BCUT2D eigenvalue weighted by molar-refractivity contribution is 5.92. The third kappa shape index (κ3) is 3.83. The normalized spacial score (nSPS) is 21.6. The molecule has 1 aromatic carbocycles. The van der Waals surface area contributed by atoms with E-state index in [9.17, 15) is 9.90 Å². The van der Waals surface area contributed by atoms with Gasteiger partial charge < -0.3 is 10.4 Å². The highest BCUT2D eigenvalue weighted by Gasteiger charge is 2.30. The number of amides is 1. The van der Waals surface area contributed by atoms with Crippen LogP contribution in [0.4, 0.5) is 0 Å². The Labute approximate surface area is 142 Å². The molecule has 1 aromatic heterocycles. The van der Waals surface area contributed by atoms with Crippen molar-refractivity contribution < 1.29 is 9.90 Å². The number of hydrogen-bond donors (Lipinski definition) is 2. The van der Waals surface area contributed by atoms with E-state index in [2.05, 4.69) is 27.4 Å². The van der Waals surface area contributed by atoms with Crippen molar-refractivity contribution in [2.24, 2.45) is 13.0 Å². The first-order valence-electron chi connectivity index (χ1n) is 8.33. The predicted octanol–water partition coefficient (Wildman–Crippen LogP) is 1.03. The number of aryl methyl sites for hydroxylation is 1. The number of aliphatic hydroxyl groups excluding tert-OH is 1. The minimum atomic E-state index is -0.139. The fourth-order valence-electron chi connectivity index (χ4n) is 3.27. The van der Waals surface area contributed by atoms with Crippen molar-refractivity contribution in [2.75, 3.05) is 19.7 Å². The zero-order valence-electron chi connectivity index (χ0n) is 13.9. The van der Waals surface area contributed by atoms with Crippen LogP contribution in [0, 0.1) is 5.92 Å². The van der Waals surface area contributed by atoms with E-state index in [1.807, 2.05) is 18.2 Å². The van der Waals surface area contributed by atoms with E-state index >= 15 is 0 Å². The van der Waals surface area contributed by atoms with E-state index in [0.29, 0.717) is 5.69 Å². The van der Waals surface area contributed by atoms with Crippen molar-refractivity contribution in [1.82, 2.24) is 20.0 Å². The number of carbonyl (C=O) groups excluding carboxylic acids is 1. The molecule has 1 amide bonds. The molecule has 2 heterocycles. The summed E-state index contributed by atoms with van der Waals surface area (Å²) in [5.41, 5.74) is 1.79. The Morgan fingerprint density at radius 2 is 2.12 bits per heavy atom. The van der Waals surface area contributed by atoms with Gasteiger partial charge in [0.2, 0.25) is 0 Å². The smallest absolute Gasteiger partial charge is 0.269 e. The summed E-state index contributed by atoms with van der Waals surface area (Å²) in [7, 11) is 1.75. The quantitative estimate of drug-likeness (QED) is 0.860. The van der Waals surface area contributed by atoms with Gasteiger partial charge in [0.15, 0.2) is 0 Å². The van der Waals surface area contributed by atoms with Crippen LogP contribution in [0.1, 0.15) is 22.5 Å². The highest BCUT2D eigenvalue weighted by atomic mass is 16.3. The lowest BCUT2D eigenvalue weighted by molar-refractivity contribution is 0.0724. The van der Waals surface area contributed by atoms with Gasteiger partial charge in [-0.15, -0.1) is 0 Å². The SMILES string of the molecule is Cn1nccc1C(=O)NC1CN(Cc2ccccc2)CCC1CO. The standard InChI is InChI=1S/C18H24N4O2/c1-21-17(7-9-19-21)18(24)20-16-12-22(10-8-15(16)13-23)11-14-5-3-2-4-6-14/h2-7,9,15-16,23H,8,10-13H2,1H3,(H,20,24). The molecule has 1 aliphatic heterocycles. The maximum atomic E-state index is 12.4. The second kappa shape index (κ2) is 7.59. The number of carbonyl (C=O) groups is 1. The molecule has 0 saturated carbocycles. The number of benzene rings is 1. The second-order valence-corrected chi connectivity index (χ2v) is 6.37. The number of nitrogens with zero attached hydrogens (tertiary/aromatic N) is 3. The van der Waals surface area contributed by atoms with Crippen LogP contribution >= 0.6 is 0 Å². The number of likely N-dealkylation sites (tertiary alicyclic amines) is 1. The largest absolute Gasteiger partial charge is 0.396 e. The Morgan fingerprint density at radius 1 is 1.33 bits per heavy atom. The molecule has 0 spiro atoms. The van der Waals surface area contributed by atoms with Crippen molar-refractivity contribution in [3.8, 4) is 0 Å². The molecule has 2 N–H and O–H groups in total. The summed E-state index contributed by atoms with van der Waals surface area (Å²) < 4.78 is 1.56. The van der Waals surface area contributed by atoms with Crippen LogP contribution in [-0.4, -0.2) is 51.4 Å². The number of hydrogen-bond acceptors (Lipinski definition) is 4. The first-order chi connectivity index (χ1) is 11.7. The Hall–Kier alpha value is -2.18. The molecule has 2 aromatic rings. The Balaban J connectivity index is 1.65. The van der Waals surface area contributed by atoms with Crippen molar-refractivity contribution >= 4 is 5.91 Å². The molecule has 6 heteroatoms. The molecule has 2 atom stereocenters. The molecule has 1 aliphatic rings. The molecule has 0 bridgehead atoms. The van der Waals surface area contributed by atoms with Gasteiger partial charge in [0.25, 0.3) is 5.91 Å². The van der Waals surface area contributed by atoms with Crippen LogP contribution < -0.4 is 5.32 Å². The summed E-state index contributed by atoms with van der Waals surface area (Å²) in [5.74, 6) is -0.0470. The minimum Gasteiger partial charge on any atom is -0.396 e. The summed E-state index contributed by atoms with van der Waals surface area (Å²) in [6.07, 6.45) is 2.49. The van der Waals surface area contributed by atoms with Gasteiger partial charge in [-0.3, -0.25) is 14.4 Å². The predicted molar refractivity (Wildman–Crippen MR) is 91.4 cm³/mol. The molecular formula is C18H24N4O2. The highest BCUT2D eigenvalue weighted by Crippen LogP contribution is 2.20. The zero-order valence-corrected chi connectivity index (χ0v) is 13.9. The van der Waals surface area contributed by atoms with Gasteiger partial charge in [0, 0.05) is 44.9 Å². The van der Waals surface area contributed by atoms with Crippen LogP contribution in [-0.2, 0) is 13.6 Å². The zero-order chi connectivity index (χ0) is 16.9. The monoisotopic (exact) mass is 328 g/mol. The van der Waals surface area contributed by atoms with Gasteiger partial charge >= 0.3 is 0 Å². The summed E-state index contributed by atoms with van der Waals surface area (Å²) in [4.78, 5) is 14.8. The molecule has 3 rings (SSSR count). The number of nitrogens with one attached hydrogen (secondary N) is 1. The van der Waals surface area contributed by atoms with Gasteiger partial charge in [0.1, 0.15) is 5.69 Å². The van der Waals surface area contributed by atoms with E-state index in [1.54, 1.807) is 24.0 Å². The van der Waals surface area contributed by atoms with Crippen molar-refractivity contribution in [2.45, 2.75) is 19.0 Å². The molecule has 128 valence electrons.